The molecule has 0 atom stereocenters. The molecule has 0 N–H and O–H groups in total. The molecule has 0 aliphatic rings. The van der Waals surface area contributed by atoms with Gasteiger partial charge in [-0.1, -0.05) is 48.0 Å². The van der Waals surface area contributed by atoms with Crippen molar-refractivity contribution >= 4 is 22.5 Å². The van der Waals surface area contributed by atoms with E-state index in [2.05, 4.69) is 10.2 Å². The molecular weight excluding hydrogens is 260 g/mol. The molecule has 0 saturated carbocycles. The lowest BCUT2D eigenvalue weighted by Crippen LogP contribution is -2.01. The Morgan fingerprint density at radius 1 is 0.895 bits per heavy atom. The zero-order valence-electron chi connectivity index (χ0n) is 10.1. The van der Waals surface area contributed by atoms with Crippen LogP contribution in [0.1, 0.15) is 5.69 Å². The van der Waals surface area contributed by atoms with Crippen molar-refractivity contribution in [2.24, 2.45) is 0 Å². The number of nitrogens with zero attached hydrogens (tertiary/aromatic N) is 2. The lowest BCUT2D eigenvalue weighted by Gasteiger charge is -2.07. The summed E-state index contributed by atoms with van der Waals surface area (Å²) >= 11 is 6.33. The van der Waals surface area contributed by atoms with Crippen LogP contribution in [0.2, 0.25) is 5.02 Å². The van der Waals surface area contributed by atoms with Crippen molar-refractivity contribution < 1.29 is 4.74 Å². The van der Waals surface area contributed by atoms with Crippen LogP contribution in [0.3, 0.4) is 0 Å². The highest BCUT2D eigenvalue weighted by Crippen LogP contribution is 2.24. The Hall–Kier alpha value is -2.13. The van der Waals surface area contributed by atoms with Crippen LogP contribution in [0.15, 0.2) is 54.6 Å². The number of hydrogen-bond acceptors (Lipinski definition) is 3. The number of benzene rings is 2. The van der Waals surface area contributed by atoms with Crippen LogP contribution < -0.4 is 4.74 Å². The van der Waals surface area contributed by atoms with Crippen LogP contribution in [0, 0.1) is 0 Å². The van der Waals surface area contributed by atoms with Crippen molar-refractivity contribution in [2.45, 2.75) is 6.61 Å². The second kappa shape index (κ2) is 5.24. The van der Waals surface area contributed by atoms with Gasteiger partial charge in [-0.05, 0) is 18.2 Å². The first-order chi connectivity index (χ1) is 9.34. The minimum atomic E-state index is 0.306. The molecule has 0 spiro atoms. The van der Waals surface area contributed by atoms with E-state index >= 15 is 0 Å². The minimum Gasteiger partial charge on any atom is -0.487 e. The average Bonchev–Trinajstić information content (AvgIpc) is 2.48. The Bertz CT molecular complexity index is 701. The van der Waals surface area contributed by atoms with E-state index in [9.17, 15) is 0 Å². The summed E-state index contributed by atoms with van der Waals surface area (Å²) in [7, 11) is 0. The maximum absolute atomic E-state index is 6.33. The van der Waals surface area contributed by atoms with Gasteiger partial charge in [0.2, 0.25) is 0 Å². The smallest absolute Gasteiger partial charge is 0.134 e. The van der Waals surface area contributed by atoms with Gasteiger partial charge in [-0.3, -0.25) is 0 Å². The molecule has 2 aromatic carbocycles. The van der Waals surface area contributed by atoms with Crippen LogP contribution in [0.4, 0.5) is 0 Å². The van der Waals surface area contributed by atoms with Crippen molar-refractivity contribution in [3.8, 4) is 5.75 Å². The van der Waals surface area contributed by atoms with E-state index < -0.39 is 0 Å². The average molecular weight is 271 g/mol. The van der Waals surface area contributed by atoms with Crippen LogP contribution in [0.25, 0.3) is 10.9 Å². The molecule has 0 amide bonds. The summed E-state index contributed by atoms with van der Waals surface area (Å²) in [6.45, 7) is 0.306. The molecule has 0 fully saturated rings. The maximum Gasteiger partial charge on any atom is 0.134 e. The molecule has 3 nitrogen and oxygen atoms in total. The van der Waals surface area contributed by atoms with E-state index in [4.69, 9.17) is 16.3 Å². The second-order valence-electron chi connectivity index (χ2n) is 4.08. The normalized spacial score (nSPS) is 10.6. The van der Waals surface area contributed by atoms with Gasteiger partial charge in [0.15, 0.2) is 0 Å². The van der Waals surface area contributed by atoms with E-state index in [0.29, 0.717) is 17.3 Å². The van der Waals surface area contributed by atoms with Gasteiger partial charge in [-0.2, -0.15) is 5.10 Å². The van der Waals surface area contributed by atoms with Crippen LogP contribution in [-0.4, -0.2) is 10.2 Å². The van der Waals surface area contributed by atoms with Gasteiger partial charge < -0.3 is 4.74 Å². The van der Waals surface area contributed by atoms with Crippen LogP contribution in [-0.2, 0) is 6.61 Å². The van der Waals surface area contributed by atoms with Crippen molar-refractivity contribution in [3.05, 3.63) is 65.3 Å². The zero-order valence-corrected chi connectivity index (χ0v) is 10.8. The Morgan fingerprint density at radius 3 is 2.47 bits per heavy atom. The van der Waals surface area contributed by atoms with Gasteiger partial charge in [0.1, 0.15) is 18.1 Å². The topological polar surface area (TPSA) is 35.0 Å². The lowest BCUT2D eigenvalue weighted by molar-refractivity contribution is 0.300. The minimum absolute atomic E-state index is 0.306. The summed E-state index contributed by atoms with van der Waals surface area (Å²) in [6, 6.07) is 17.2. The van der Waals surface area contributed by atoms with Crippen molar-refractivity contribution in [1.82, 2.24) is 10.2 Å². The highest BCUT2D eigenvalue weighted by atomic mass is 35.5. The zero-order chi connectivity index (χ0) is 13.1. The standard InChI is InChI=1S/C15H11ClN2O/c16-15-12-8-4-5-9-13(12)17-18-14(15)10-19-11-6-2-1-3-7-11/h1-9H,10H2. The molecule has 1 heterocycles. The molecule has 94 valence electrons. The molecule has 0 radical (unpaired) electrons. The summed E-state index contributed by atoms with van der Waals surface area (Å²) in [4.78, 5) is 0. The predicted octanol–water partition coefficient (Wildman–Crippen LogP) is 3.86. The predicted molar refractivity (Wildman–Crippen MR) is 75.3 cm³/mol. The van der Waals surface area contributed by atoms with Crippen molar-refractivity contribution in [1.29, 1.82) is 0 Å². The fraction of sp³-hybridized carbons (Fsp3) is 0.0667. The van der Waals surface area contributed by atoms with E-state index in [0.717, 1.165) is 16.7 Å². The quantitative estimate of drug-likeness (QED) is 0.725. The van der Waals surface area contributed by atoms with Gasteiger partial charge in [-0.15, -0.1) is 5.10 Å². The highest BCUT2D eigenvalue weighted by molar-refractivity contribution is 6.35. The van der Waals surface area contributed by atoms with E-state index in [1.54, 1.807) is 0 Å². The summed E-state index contributed by atoms with van der Waals surface area (Å²) in [5.74, 6) is 0.786. The third-order valence-corrected chi connectivity index (χ3v) is 3.21. The summed E-state index contributed by atoms with van der Waals surface area (Å²) in [6.07, 6.45) is 0. The molecule has 3 rings (SSSR count). The van der Waals surface area contributed by atoms with E-state index in [-0.39, 0.29) is 0 Å². The number of hydrogen-bond donors (Lipinski definition) is 0. The number of rotatable bonds is 3. The molecule has 4 heteroatoms. The van der Waals surface area contributed by atoms with Gasteiger partial charge in [0, 0.05) is 5.39 Å². The molecule has 0 saturated heterocycles. The molecule has 1 aromatic heterocycles. The molecule has 3 aromatic rings. The van der Waals surface area contributed by atoms with Gasteiger partial charge in [0.25, 0.3) is 0 Å². The summed E-state index contributed by atoms with van der Waals surface area (Å²) in [5.41, 5.74) is 1.43. The SMILES string of the molecule is Clc1c(COc2ccccc2)nnc2ccccc12. The van der Waals surface area contributed by atoms with E-state index in [1.807, 2.05) is 54.6 Å². The number of aromatic nitrogens is 2. The van der Waals surface area contributed by atoms with Crippen molar-refractivity contribution in [2.75, 3.05) is 0 Å². The molecule has 0 bridgehead atoms. The summed E-state index contributed by atoms with van der Waals surface area (Å²) in [5, 5.41) is 9.75. The maximum atomic E-state index is 6.33. The summed E-state index contributed by atoms with van der Waals surface area (Å²) < 4.78 is 5.63. The van der Waals surface area contributed by atoms with Gasteiger partial charge in [0.05, 0.1) is 10.5 Å². The highest BCUT2D eigenvalue weighted by Gasteiger charge is 2.08. The van der Waals surface area contributed by atoms with Gasteiger partial charge in [-0.25, -0.2) is 0 Å². The Labute approximate surface area is 115 Å². The molecule has 19 heavy (non-hydrogen) atoms. The fourth-order valence-corrected chi connectivity index (χ4v) is 2.07. The second-order valence-corrected chi connectivity index (χ2v) is 4.46. The first-order valence-corrected chi connectivity index (χ1v) is 6.30. The molecule has 0 unspecified atom stereocenters. The Kier molecular flexibility index (Phi) is 3.29. The van der Waals surface area contributed by atoms with Crippen LogP contribution >= 0.6 is 11.6 Å². The third-order valence-electron chi connectivity index (χ3n) is 2.79. The van der Waals surface area contributed by atoms with E-state index in [1.165, 1.54) is 0 Å². The molecule has 0 aliphatic carbocycles. The van der Waals surface area contributed by atoms with Crippen LogP contribution in [0.5, 0.6) is 5.75 Å². The third kappa shape index (κ3) is 2.51. The first kappa shape index (κ1) is 11.9. The van der Waals surface area contributed by atoms with Crippen molar-refractivity contribution in [3.63, 3.8) is 0 Å². The number of para-hydroxylation sites is 1. The molecular formula is C15H11ClN2O. The largest absolute Gasteiger partial charge is 0.487 e. The number of ether oxygens (including phenoxy) is 1. The Morgan fingerprint density at radius 2 is 1.63 bits per heavy atom. The monoisotopic (exact) mass is 270 g/mol. The van der Waals surface area contributed by atoms with Gasteiger partial charge >= 0.3 is 0 Å². The Balaban J connectivity index is 1.87. The molecule has 0 aliphatic heterocycles. The number of fused-ring (bicyclic) bond motifs is 1. The lowest BCUT2D eigenvalue weighted by atomic mass is 10.2. The first-order valence-electron chi connectivity index (χ1n) is 5.92. The number of halogens is 1. The fourth-order valence-electron chi connectivity index (χ4n) is 1.82.